The Hall–Kier alpha value is -1.92. The summed E-state index contributed by atoms with van der Waals surface area (Å²) >= 11 is 0. The van der Waals surface area contributed by atoms with Crippen molar-refractivity contribution in [2.75, 3.05) is 26.4 Å². The predicted octanol–water partition coefficient (Wildman–Crippen LogP) is 1.37. The highest BCUT2D eigenvalue weighted by atomic mass is 16.5. The molecule has 6 nitrogen and oxygen atoms in total. The third kappa shape index (κ3) is 7.43. The second-order valence-corrected chi connectivity index (χ2v) is 4.38. The summed E-state index contributed by atoms with van der Waals surface area (Å²) in [5.74, 6) is -1.32. The molecule has 1 aromatic rings. The number of aliphatic carboxylic acids is 1. The van der Waals surface area contributed by atoms with E-state index >= 15 is 0 Å². The number of carboxylic acid groups (broad SMARTS) is 1. The summed E-state index contributed by atoms with van der Waals surface area (Å²) in [5.41, 5.74) is 0.752. The van der Waals surface area contributed by atoms with E-state index in [1.165, 1.54) is 0 Å². The van der Waals surface area contributed by atoms with Gasteiger partial charge < -0.3 is 19.9 Å². The van der Waals surface area contributed by atoms with Crippen molar-refractivity contribution in [1.82, 2.24) is 5.32 Å². The fourth-order valence-electron chi connectivity index (χ4n) is 1.78. The Bertz CT molecular complexity index is 435. The maximum absolute atomic E-state index is 11.8. The first-order valence-corrected chi connectivity index (χ1v) is 6.85. The van der Waals surface area contributed by atoms with E-state index in [0.717, 1.165) is 5.56 Å². The van der Waals surface area contributed by atoms with Crippen LogP contribution >= 0.6 is 0 Å². The Labute approximate surface area is 124 Å². The molecular formula is C15H21NO5. The van der Waals surface area contributed by atoms with Gasteiger partial charge in [-0.3, -0.25) is 9.59 Å². The van der Waals surface area contributed by atoms with Crippen molar-refractivity contribution in [3.8, 4) is 0 Å². The van der Waals surface area contributed by atoms with Gasteiger partial charge in [-0.25, -0.2) is 0 Å². The monoisotopic (exact) mass is 295 g/mol. The Morgan fingerprint density at radius 2 is 1.86 bits per heavy atom. The molecule has 0 heterocycles. The average Bonchev–Trinajstić information content (AvgIpc) is 2.47. The summed E-state index contributed by atoms with van der Waals surface area (Å²) in [6.07, 6.45) is -0.172. The second kappa shape index (κ2) is 9.90. The zero-order valence-electron chi connectivity index (χ0n) is 12.1. The molecule has 0 fully saturated rings. The fraction of sp³-hybridized carbons (Fsp3) is 0.467. The molecule has 6 heteroatoms. The van der Waals surface area contributed by atoms with Crippen LogP contribution in [0, 0.1) is 0 Å². The van der Waals surface area contributed by atoms with Crippen molar-refractivity contribution in [2.45, 2.75) is 19.4 Å². The lowest BCUT2D eigenvalue weighted by Gasteiger charge is -2.17. The van der Waals surface area contributed by atoms with Gasteiger partial charge in [0.25, 0.3) is 0 Å². The molecule has 1 aromatic carbocycles. The molecule has 0 saturated heterocycles. The molecular weight excluding hydrogens is 274 g/mol. The molecule has 0 aliphatic heterocycles. The lowest BCUT2D eigenvalue weighted by Crippen LogP contribution is -2.33. The van der Waals surface area contributed by atoms with Crippen LogP contribution in [0.3, 0.4) is 0 Å². The van der Waals surface area contributed by atoms with E-state index in [1.807, 2.05) is 13.0 Å². The van der Waals surface area contributed by atoms with Crippen molar-refractivity contribution in [2.24, 2.45) is 0 Å². The number of nitrogens with one attached hydrogen (secondary N) is 1. The number of benzene rings is 1. The minimum absolute atomic E-state index is 0.115. The van der Waals surface area contributed by atoms with E-state index in [1.54, 1.807) is 24.3 Å². The lowest BCUT2D eigenvalue weighted by molar-refractivity contribution is -0.138. The maximum atomic E-state index is 11.8. The summed E-state index contributed by atoms with van der Waals surface area (Å²) in [5, 5.41) is 11.6. The van der Waals surface area contributed by atoms with Gasteiger partial charge in [-0.15, -0.1) is 0 Å². The van der Waals surface area contributed by atoms with E-state index in [4.69, 9.17) is 14.6 Å². The summed E-state index contributed by atoms with van der Waals surface area (Å²) < 4.78 is 10.2. The molecule has 21 heavy (non-hydrogen) atoms. The highest BCUT2D eigenvalue weighted by molar-refractivity contribution is 5.78. The number of carbonyl (C=O) groups is 2. The molecule has 1 atom stereocenters. The molecule has 1 rings (SSSR count). The summed E-state index contributed by atoms with van der Waals surface area (Å²) in [7, 11) is 0. The van der Waals surface area contributed by atoms with E-state index in [9.17, 15) is 9.59 Å². The largest absolute Gasteiger partial charge is 0.481 e. The molecule has 1 unspecified atom stereocenters. The Morgan fingerprint density at radius 1 is 1.19 bits per heavy atom. The Kier molecular flexibility index (Phi) is 8.08. The van der Waals surface area contributed by atoms with Gasteiger partial charge in [0.05, 0.1) is 25.7 Å². The van der Waals surface area contributed by atoms with E-state index in [0.29, 0.717) is 19.8 Å². The van der Waals surface area contributed by atoms with Crippen LogP contribution in [0.2, 0.25) is 0 Å². The normalized spacial score (nSPS) is 11.9. The van der Waals surface area contributed by atoms with E-state index in [2.05, 4.69) is 5.32 Å². The maximum Gasteiger partial charge on any atom is 0.305 e. The van der Waals surface area contributed by atoms with Gasteiger partial charge in [-0.2, -0.15) is 0 Å². The van der Waals surface area contributed by atoms with Crippen molar-refractivity contribution >= 4 is 11.9 Å². The van der Waals surface area contributed by atoms with Crippen molar-refractivity contribution < 1.29 is 24.2 Å². The van der Waals surface area contributed by atoms with Gasteiger partial charge in [0, 0.05) is 6.61 Å². The van der Waals surface area contributed by atoms with Gasteiger partial charge in [-0.1, -0.05) is 30.3 Å². The molecule has 0 radical (unpaired) electrons. The molecule has 0 aliphatic rings. The molecule has 0 bridgehead atoms. The van der Waals surface area contributed by atoms with Crippen LogP contribution in [0.25, 0.3) is 0 Å². The first-order chi connectivity index (χ1) is 10.1. The average molecular weight is 295 g/mol. The first kappa shape index (κ1) is 17.1. The minimum atomic E-state index is -0.971. The standard InChI is InChI=1S/C15H21NO5/c1-2-20-8-9-21-11-14(17)16-13(10-15(18)19)12-6-4-3-5-7-12/h3-7,13H,2,8-11H2,1H3,(H,16,17)(H,18,19). The van der Waals surface area contributed by atoms with Crippen LogP contribution < -0.4 is 5.32 Å². The van der Waals surface area contributed by atoms with Crippen LogP contribution in [0.5, 0.6) is 0 Å². The molecule has 1 amide bonds. The number of hydrogen-bond acceptors (Lipinski definition) is 4. The van der Waals surface area contributed by atoms with E-state index < -0.39 is 12.0 Å². The third-order valence-corrected chi connectivity index (χ3v) is 2.73. The molecule has 0 spiro atoms. The number of hydrogen-bond donors (Lipinski definition) is 2. The van der Waals surface area contributed by atoms with Crippen LogP contribution in [0.4, 0.5) is 0 Å². The number of ether oxygens (including phenoxy) is 2. The molecule has 2 N–H and O–H groups in total. The quantitative estimate of drug-likeness (QED) is 0.637. The van der Waals surface area contributed by atoms with Crippen molar-refractivity contribution in [3.63, 3.8) is 0 Å². The summed E-state index contributed by atoms with van der Waals surface area (Å²) in [6, 6.07) is 8.43. The Balaban J connectivity index is 2.45. The van der Waals surface area contributed by atoms with Gasteiger partial charge >= 0.3 is 5.97 Å². The topological polar surface area (TPSA) is 84.9 Å². The summed E-state index contributed by atoms with van der Waals surface area (Å²) in [4.78, 5) is 22.7. The van der Waals surface area contributed by atoms with Crippen LogP contribution in [-0.4, -0.2) is 43.4 Å². The first-order valence-electron chi connectivity index (χ1n) is 6.85. The van der Waals surface area contributed by atoms with Crippen molar-refractivity contribution in [3.05, 3.63) is 35.9 Å². The second-order valence-electron chi connectivity index (χ2n) is 4.38. The minimum Gasteiger partial charge on any atom is -0.481 e. The number of amides is 1. The molecule has 0 aliphatic carbocycles. The SMILES string of the molecule is CCOCCOCC(=O)NC(CC(=O)O)c1ccccc1. The van der Waals surface area contributed by atoms with Crippen LogP contribution in [0.1, 0.15) is 24.9 Å². The van der Waals surface area contributed by atoms with Crippen molar-refractivity contribution in [1.29, 1.82) is 0 Å². The number of carbonyl (C=O) groups excluding carboxylic acids is 1. The zero-order chi connectivity index (χ0) is 15.5. The molecule has 0 aromatic heterocycles. The van der Waals surface area contributed by atoms with Gasteiger partial charge in [0.15, 0.2) is 0 Å². The van der Waals surface area contributed by atoms with Gasteiger partial charge in [0.2, 0.25) is 5.91 Å². The highest BCUT2D eigenvalue weighted by Crippen LogP contribution is 2.16. The zero-order valence-corrected chi connectivity index (χ0v) is 12.1. The van der Waals surface area contributed by atoms with E-state index in [-0.39, 0.29) is 18.9 Å². The van der Waals surface area contributed by atoms with Gasteiger partial charge in [-0.05, 0) is 12.5 Å². The smallest absolute Gasteiger partial charge is 0.305 e. The predicted molar refractivity (Wildman–Crippen MR) is 76.9 cm³/mol. The third-order valence-electron chi connectivity index (χ3n) is 2.73. The number of rotatable bonds is 10. The van der Waals surface area contributed by atoms with Crippen LogP contribution in [-0.2, 0) is 19.1 Å². The lowest BCUT2D eigenvalue weighted by atomic mass is 10.0. The Morgan fingerprint density at radius 3 is 2.48 bits per heavy atom. The molecule has 116 valence electrons. The summed E-state index contributed by atoms with van der Waals surface area (Å²) in [6.45, 7) is 3.13. The fourth-order valence-corrected chi connectivity index (χ4v) is 1.78. The number of carboxylic acids is 1. The highest BCUT2D eigenvalue weighted by Gasteiger charge is 2.17. The van der Waals surface area contributed by atoms with Crippen LogP contribution in [0.15, 0.2) is 30.3 Å². The van der Waals surface area contributed by atoms with Gasteiger partial charge in [0.1, 0.15) is 6.61 Å². The molecule has 0 saturated carbocycles.